The molecule has 0 bridgehead atoms. The highest BCUT2D eigenvalue weighted by Crippen LogP contribution is 2.01. The summed E-state index contributed by atoms with van der Waals surface area (Å²) in [6.45, 7) is 1.18. The minimum Gasteiger partial charge on any atom is -0.396 e. The molecule has 0 saturated carbocycles. The number of hydrogen-bond acceptors (Lipinski definition) is 3. The van der Waals surface area contributed by atoms with Gasteiger partial charge in [0.2, 0.25) is 0 Å². The third-order valence-corrected chi connectivity index (χ3v) is 1.42. The number of rotatable bonds is 5. The van der Waals surface area contributed by atoms with Crippen LogP contribution in [-0.2, 0) is 0 Å². The van der Waals surface area contributed by atoms with E-state index in [1.165, 1.54) is 0 Å². The van der Waals surface area contributed by atoms with Crippen LogP contribution in [0.1, 0.15) is 6.42 Å². The Bertz CT molecular complexity index is 76.0. The molecule has 2 N–H and O–H groups in total. The van der Waals surface area contributed by atoms with Crippen molar-refractivity contribution in [2.75, 3.05) is 33.9 Å². The van der Waals surface area contributed by atoms with Crippen LogP contribution in [-0.4, -0.2) is 49.0 Å². The Labute approximate surface area is 62.3 Å². The van der Waals surface area contributed by atoms with Crippen LogP contribution in [0.4, 0.5) is 0 Å². The van der Waals surface area contributed by atoms with Crippen LogP contribution < -0.4 is 0 Å². The van der Waals surface area contributed by atoms with Crippen molar-refractivity contribution in [1.29, 1.82) is 0 Å². The highest BCUT2D eigenvalue weighted by atomic mass is 16.3. The second-order valence-electron chi connectivity index (χ2n) is 2.82. The van der Waals surface area contributed by atoms with E-state index in [0.717, 1.165) is 6.54 Å². The SMILES string of the molecule is CN(C)CC(CO)CCO. The predicted octanol–water partition coefficient (Wildman–Crippen LogP) is -0.461. The van der Waals surface area contributed by atoms with Crippen molar-refractivity contribution in [3.05, 3.63) is 0 Å². The molecule has 0 aliphatic carbocycles. The van der Waals surface area contributed by atoms with Crippen molar-refractivity contribution in [3.63, 3.8) is 0 Å². The van der Waals surface area contributed by atoms with Gasteiger partial charge in [0.1, 0.15) is 0 Å². The molecular formula is C7H17NO2. The molecule has 0 aromatic heterocycles. The van der Waals surface area contributed by atoms with Gasteiger partial charge in [-0.05, 0) is 26.4 Å². The lowest BCUT2D eigenvalue weighted by Gasteiger charge is -2.17. The van der Waals surface area contributed by atoms with E-state index in [1.54, 1.807) is 0 Å². The van der Waals surface area contributed by atoms with Crippen molar-refractivity contribution in [1.82, 2.24) is 4.90 Å². The van der Waals surface area contributed by atoms with E-state index >= 15 is 0 Å². The van der Waals surface area contributed by atoms with Crippen molar-refractivity contribution >= 4 is 0 Å². The smallest absolute Gasteiger partial charge is 0.0472 e. The van der Waals surface area contributed by atoms with Gasteiger partial charge in [-0.25, -0.2) is 0 Å². The molecule has 0 saturated heterocycles. The Morgan fingerprint density at radius 1 is 1.30 bits per heavy atom. The van der Waals surface area contributed by atoms with E-state index in [0.29, 0.717) is 6.42 Å². The summed E-state index contributed by atoms with van der Waals surface area (Å²) in [6.07, 6.45) is 0.689. The van der Waals surface area contributed by atoms with Crippen molar-refractivity contribution < 1.29 is 10.2 Å². The standard InChI is InChI=1S/C7H17NO2/c1-8(2)5-7(6-10)3-4-9/h7,9-10H,3-6H2,1-2H3. The topological polar surface area (TPSA) is 43.7 Å². The third kappa shape index (κ3) is 4.73. The lowest BCUT2D eigenvalue weighted by molar-refractivity contribution is 0.158. The summed E-state index contributed by atoms with van der Waals surface area (Å²) < 4.78 is 0. The van der Waals surface area contributed by atoms with Crippen LogP contribution >= 0.6 is 0 Å². The Morgan fingerprint density at radius 3 is 2.20 bits per heavy atom. The molecule has 0 radical (unpaired) electrons. The maximum atomic E-state index is 8.77. The van der Waals surface area contributed by atoms with E-state index in [2.05, 4.69) is 0 Å². The van der Waals surface area contributed by atoms with E-state index in [-0.39, 0.29) is 19.1 Å². The fourth-order valence-electron chi connectivity index (χ4n) is 0.939. The second-order valence-corrected chi connectivity index (χ2v) is 2.82. The summed E-state index contributed by atoms with van der Waals surface area (Å²) in [4.78, 5) is 2.01. The summed E-state index contributed by atoms with van der Waals surface area (Å²) in [5.74, 6) is 0.222. The molecule has 0 spiro atoms. The van der Waals surface area contributed by atoms with Gasteiger partial charge in [-0.1, -0.05) is 0 Å². The lowest BCUT2D eigenvalue weighted by atomic mass is 10.1. The van der Waals surface area contributed by atoms with Crippen LogP contribution in [0.15, 0.2) is 0 Å². The monoisotopic (exact) mass is 147 g/mol. The summed E-state index contributed by atoms with van der Waals surface area (Å²) in [6, 6.07) is 0. The predicted molar refractivity (Wildman–Crippen MR) is 40.8 cm³/mol. The van der Waals surface area contributed by atoms with Gasteiger partial charge in [-0.2, -0.15) is 0 Å². The molecule has 10 heavy (non-hydrogen) atoms. The molecule has 3 heteroatoms. The maximum Gasteiger partial charge on any atom is 0.0472 e. The second kappa shape index (κ2) is 5.65. The summed E-state index contributed by atoms with van der Waals surface area (Å²) in [7, 11) is 3.92. The molecular weight excluding hydrogens is 130 g/mol. The Balaban J connectivity index is 3.39. The van der Waals surface area contributed by atoms with Gasteiger partial charge >= 0.3 is 0 Å². The van der Waals surface area contributed by atoms with E-state index < -0.39 is 0 Å². The molecule has 0 aliphatic heterocycles. The van der Waals surface area contributed by atoms with E-state index in [4.69, 9.17) is 10.2 Å². The van der Waals surface area contributed by atoms with Crippen LogP contribution in [0.3, 0.4) is 0 Å². The molecule has 0 rings (SSSR count). The number of aliphatic hydroxyl groups excluding tert-OH is 2. The normalized spacial score (nSPS) is 14.1. The van der Waals surface area contributed by atoms with Crippen molar-refractivity contribution in [2.24, 2.45) is 5.92 Å². The minimum absolute atomic E-state index is 0.165. The first kappa shape index (κ1) is 9.88. The van der Waals surface area contributed by atoms with Gasteiger partial charge in [0.05, 0.1) is 0 Å². The van der Waals surface area contributed by atoms with Crippen LogP contribution in [0.5, 0.6) is 0 Å². The van der Waals surface area contributed by atoms with E-state index in [9.17, 15) is 0 Å². The lowest BCUT2D eigenvalue weighted by Crippen LogP contribution is -2.24. The Kier molecular flexibility index (Phi) is 5.58. The average Bonchev–Trinajstić information content (AvgIpc) is 1.86. The summed E-state index contributed by atoms with van der Waals surface area (Å²) >= 11 is 0. The van der Waals surface area contributed by atoms with Gasteiger partial charge < -0.3 is 15.1 Å². The number of nitrogens with zero attached hydrogens (tertiary/aromatic N) is 1. The molecule has 0 fully saturated rings. The third-order valence-electron chi connectivity index (χ3n) is 1.42. The molecule has 62 valence electrons. The molecule has 3 nitrogen and oxygen atoms in total. The van der Waals surface area contributed by atoms with Gasteiger partial charge in [-0.3, -0.25) is 0 Å². The molecule has 1 unspecified atom stereocenters. The minimum atomic E-state index is 0.165. The largest absolute Gasteiger partial charge is 0.396 e. The zero-order valence-electron chi connectivity index (χ0n) is 6.75. The number of hydrogen-bond donors (Lipinski definition) is 2. The molecule has 0 heterocycles. The van der Waals surface area contributed by atoms with Gasteiger partial charge in [-0.15, -0.1) is 0 Å². The van der Waals surface area contributed by atoms with Crippen molar-refractivity contribution in [3.8, 4) is 0 Å². The molecule has 0 amide bonds. The highest BCUT2D eigenvalue weighted by Gasteiger charge is 2.06. The Hall–Kier alpha value is -0.120. The van der Waals surface area contributed by atoms with Crippen LogP contribution in [0, 0.1) is 5.92 Å². The molecule has 0 aromatic rings. The first-order valence-electron chi connectivity index (χ1n) is 3.57. The molecule has 0 aliphatic rings. The van der Waals surface area contributed by atoms with E-state index in [1.807, 2.05) is 19.0 Å². The van der Waals surface area contributed by atoms with Gasteiger partial charge in [0, 0.05) is 19.8 Å². The average molecular weight is 147 g/mol. The van der Waals surface area contributed by atoms with Crippen LogP contribution in [0.25, 0.3) is 0 Å². The molecule has 0 aromatic carbocycles. The zero-order chi connectivity index (χ0) is 7.98. The van der Waals surface area contributed by atoms with Gasteiger partial charge in [0.15, 0.2) is 0 Å². The van der Waals surface area contributed by atoms with Crippen molar-refractivity contribution in [2.45, 2.75) is 6.42 Å². The first-order chi connectivity index (χ1) is 4.70. The number of aliphatic hydroxyl groups is 2. The van der Waals surface area contributed by atoms with Crippen LogP contribution in [0.2, 0.25) is 0 Å². The Morgan fingerprint density at radius 2 is 1.90 bits per heavy atom. The quantitative estimate of drug-likeness (QED) is 0.553. The highest BCUT2D eigenvalue weighted by molar-refractivity contribution is 4.59. The molecule has 1 atom stereocenters. The first-order valence-corrected chi connectivity index (χ1v) is 3.57. The van der Waals surface area contributed by atoms with Gasteiger partial charge in [0.25, 0.3) is 0 Å². The summed E-state index contributed by atoms with van der Waals surface area (Å²) in [5, 5.41) is 17.3. The fourth-order valence-corrected chi connectivity index (χ4v) is 0.939. The maximum absolute atomic E-state index is 8.77. The fraction of sp³-hybridized carbons (Fsp3) is 1.00. The summed E-state index contributed by atoms with van der Waals surface area (Å²) in [5.41, 5.74) is 0. The zero-order valence-corrected chi connectivity index (χ0v) is 6.75.